The standard InChI is InChI=1S/4C26H18N2/c1-3-9-21-16(6-1)12-19-14-20-13-17-7-2-4-10-23(17)28-25(20)22(24(19)21)15-18-8-5-11-27-26(18)28;1-3-8-20-16(6-1)12-18-14-19-13-17-7-2-4-9-23(17)28-24-10-5-11-27-22(24)15-21(25(18)20)26(19)28;1-3-7-21-16(5-1)11-18-13-19-12-17-6-2-4-8-23(17)28-24-9-10-27-15-20(24)14-22(25(18)21)26(19)28;1-3-7-21-16(5-1)11-19-13-20-12-17-6-2-4-8-23(17)28-24-15-27-10-9-18(24)14-22(25(19)21)26(20)28/h2*1-11,14H,12-13,15H2;2*1-10,13,15H,11-12,14H2. The highest BCUT2D eigenvalue weighted by atomic mass is 15.2. The lowest BCUT2D eigenvalue weighted by Crippen LogP contribution is -2.26. The molecular weight excluding hydrogens is 1360 g/mol. The van der Waals surface area contributed by atoms with Crippen LogP contribution in [0.15, 0.2) is 292 Å². The highest BCUT2D eigenvalue weighted by Crippen LogP contribution is 2.61. The lowest BCUT2D eigenvalue weighted by Gasteiger charge is -2.40. The van der Waals surface area contributed by atoms with Gasteiger partial charge in [-0.25, -0.2) is 4.98 Å². The van der Waals surface area contributed by atoms with Gasteiger partial charge in [-0.05, 0) is 253 Å². The summed E-state index contributed by atoms with van der Waals surface area (Å²) in [5, 5.41) is 0. The molecule has 0 radical (unpaired) electrons. The van der Waals surface area contributed by atoms with Gasteiger partial charge in [0.2, 0.25) is 0 Å². The number of hydrogen-bond donors (Lipinski definition) is 0. The van der Waals surface area contributed by atoms with Crippen molar-refractivity contribution < 1.29 is 0 Å². The Morgan fingerprint density at radius 3 is 0.991 bits per heavy atom. The third-order valence-electron chi connectivity index (χ3n) is 26.1. The lowest BCUT2D eigenvalue weighted by atomic mass is 9.82. The van der Waals surface area contributed by atoms with Crippen LogP contribution < -0.4 is 19.6 Å². The summed E-state index contributed by atoms with van der Waals surface area (Å²) < 4.78 is 0. The van der Waals surface area contributed by atoms with E-state index in [0.717, 1.165) is 82.9 Å². The quantitative estimate of drug-likeness (QED) is 0.149. The van der Waals surface area contributed by atoms with Crippen molar-refractivity contribution in [3.63, 3.8) is 0 Å². The Labute approximate surface area is 651 Å². The number of pyridine rings is 4. The molecule has 8 nitrogen and oxygen atoms in total. The highest BCUT2D eigenvalue weighted by molar-refractivity contribution is 6.00. The van der Waals surface area contributed by atoms with Crippen molar-refractivity contribution >= 4 is 68.4 Å². The highest BCUT2D eigenvalue weighted by Gasteiger charge is 2.42. The van der Waals surface area contributed by atoms with Crippen LogP contribution in [0, 0.1) is 0 Å². The van der Waals surface area contributed by atoms with Gasteiger partial charge in [0.25, 0.3) is 0 Å². The molecule has 0 unspecified atom stereocenters. The summed E-state index contributed by atoms with van der Waals surface area (Å²) in [5.74, 6) is 1.09. The molecule has 8 heteroatoms. The topological polar surface area (TPSA) is 64.5 Å². The average molecular weight is 1430 g/mol. The molecule has 12 aliphatic rings. The van der Waals surface area contributed by atoms with Crippen molar-refractivity contribution in [2.45, 2.75) is 77.0 Å². The van der Waals surface area contributed by atoms with E-state index in [9.17, 15) is 0 Å². The van der Waals surface area contributed by atoms with Gasteiger partial charge in [-0.2, -0.15) is 0 Å². The normalized spacial score (nSPS) is 14.6. The van der Waals surface area contributed by atoms with E-state index in [4.69, 9.17) is 9.97 Å². The fourth-order valence-electron chi connectivity index (χ4n) is 21.8. The molecule has 28 rings (SSSR count). The first-order chi connectivity index (χ1) is 55.5. The first-order valence-electron chi connectivity index (χ1n) is 39.8. The molecule has 112 heavy (non-hydrogen) atoms. The summed E-state index contributed by atoms with van der Waals surface area (Å²) >= 11 is 0. The zero-order valence-electron chi connectivity index (χ0n) is 61.8. The minimum atomic E-state index is 0.911. The van der Waals surface area contributed by atoms with Crippen LogP contribution in [0.1, 0.15) is 134 Å². The van der Waals surface area contributed by atoms with Crippen molar-refractivity contribution in [3.8, 4) is 44.5 Å². The summed E-state index contributed by atoms with van der Waals surface area (Å²) in [7, 11) is 0. The zero-order chi connectivity index (χ0) is 73.0. The monoisotopic (exact) mass is 1430 g/mol. The number of anilines is 12. The van der Waals surface area contributed by atoms with E-state index in [1.807, 2.05) is 31.0 Å². The molecule has 0 saturated carbocycles. The van der Waals surface area contributed by atoms with Gasteiger partial charge in [0.15, 0.2) is 0 Å². The van der Waals surface area contributed by atoms with Gasteiger partial charge in [-0.15, -0.1) is 0 Å². The first kappa shape index (κ1) is 62.3. The van der Waals surface area contributed by atoms with Crippen LogP contribution in [0.4, 0.5) is 68.4 Å². The maximum absolute atomic E-state index is 4.81. The lowest BCUT2D eigenvalue weighted by molar-refractivity contribution is 0.969. The molecule has 4 aliphatic carbocycles. The van der Waals surface area contributed by atoms with Crippen LogP contribution in [0.3, 0.4) is 0 Å². The van der Waals surface area contributed by atoms with E-state index in [-0.39, 0.29) is 0 Å². The van der Waals surface area contributed by atoms with E-state index < -0.39 is 0 Å². The molecular formula is C104H72N8. The summed E-state index contributed by atoms with van der Waals surface area (Å²) in [5.41, 5.74) is 60.3. The smallest absolute Gasteiger partial charge is 0.141 e. The van der Waals surface area contributed by atoms with Gasteiger partial charge >= 0.3 is 0 Å². The molecule has 0 fully saturated rings. The number of aromatic nitrogens is 4. The van der Waals surface area contributed by atoms with Gasteiger partial charge in [0.05, 0.1) is 57.4 Å². The molecule has 0 saturated heterocycles. The van der Waals surface area contributed by atoms with Gasteiger partial charge in [0, 0.05) is 99.4 Å². The predicted octanol–water partition coefficient (Wildman–Crippen LogP) is 23.7. The Morgan fingerprint density at radius 2 is 0.509 bits per heavy atom. The predicted molar refractivity (Wildman–Crippen MR) is 451 cm³/mol. The number of benzene rings is 12. The van der Waals surface area contributed by atoms with E-state index in [1.54, 1.807) is 0 Å². The average Bonchev–Trinajstić information content (AvgIpc) is 1.71. The SMILES string of the molecule is c1ccc2c(c1)Cc1cc3c4c(c1-2)Cc1cccnc1N4c1ccccc1C3.c1ccc2c(c1)Cc1cc3c4c(c1-2)Cc1ccncc1N4c1ccccc1C3.c1ccc2c(c1)Cc1cc3c4c(c1-2)Cc1cnccc1N4c1ccccc1C3.c1ccc2c(c1)Cc1cc3c4c(c1-2)Cc1ncccc1N4c1ccccc1C3. The Kier molecular flexibility index (Phi) is 13.3. The van der Waals surface area contributed by atoms with Crippen LogP contribution in [0.25, 0.3) is 44.5 Å². The largest absolute Gasteiger partial charge is 0.309 e. The van der Waals surface area contributed by atoms with E-state index in [1.165, 1.54) is 241 Å². The number of hydrogen-bond acceptors (Lipinski definition) is 8. The first-order valence-corrected chi connectivity index (χ1v) is 39.8. The van der Waals surface area contributed by atoms with Crippen LogP contribution in [0.5, 0.6) is 0 Å². The minimum absolute atomic E-state index is 0.911. The molecule has 0 bridgehead atoms. The third kappa shape index (κ3) is 9.12. The van der Waals surface area contributed by atoms with Crippen molar-refractivity contribution in [2.75, 3.05) is 19.6 Å². The maximum Gasteiger partial charge on any atom is 0.141 e. The molecule has 0 N–H and O–H groups in total. The second kappa shape index (κ2) is 24.0. The van der Waals surface area contributed by atoms with Crippen molar-refractivity contribution in [3.05, 3.63) is 426 Å². The van der Waals surface area contributed by atoms with Crippen molar-refractivity contribution in [1.29, 1.82) is 0 Å². The second-order valence-corrected chi connectivity index (χ2v) is 32.2. The Balaban J connectivity index is 0.0000000847. The summed E-state index contributed by atoms with van der Waals surface area (Å²) in [6, 6.07) is 93.8. The number of rotatable bonds is 0. The number of para-hydroxylation sites is 4. The molecule has 528 valence electrons. The molecule has 12 aromatic carbocycles. The minimum Gasteiger partial charge on any atom is -0.309 e. The molecule has 0 atom stereocenters. The van der Waals surface area contributed by atoms with Crippen molar-refractivity contribution in [1.82, 2.24) is 19.9 Å². The fourth-order valence-corrected chi connectivity index (χ4v) is 21.8. The zero-order valence-corrected chi connectivity index (χ0v) is 61.8. The number of fused-ring (bicyclic) bond motifs is 32. The van der Waals surface area contributed by atoms with E-state index >= 15 is 0 Å². The number of nitrogens with zero attached hydrogens (tertiary/aromatic N) is 8. The molecule has 16 aromatic rings. The summed E-state index contributed by atoms with van der Waals surface area (Å²) in [6.07, 6.45) is 23.8. The summed E-state index contributed by atoms with van der Waals surface area (Å²) in [4.78, 5) is 28.3. The molecule has 8 aliphatic heterocycles. The van der Waals surface area contributed by atoms with Crippen LogP contribution in [0.2, 0.25) is 0 Å². The van der Waals surface area contributed by atoms with Crippen LogP contribution in [-0.2, 0) is 77.0 Å². The van der Waals surface area contributed by atoms with Gasteiger partial charge in [-0.3, -0.25) is 19.9 Å². The Bertz CT molecular complexity index is 5980. The molecule has 4 aromatic heterocycles. The van der Waals surface area contributed by atoms with E-state index in [2.05, 4.69) is 291 Å². The van der Waals surface area contributed by atoms with Crippen LogP contribution in [-0.4, -0.2) is 19.9 Å². The third-order valence-corrected chi connectivity index (χ3v) is 26.1. The fraction of sp³-hybridized carbons (Fsp3) is 0.115. The second-order valence-electron chi connectivity index (χ2n) is 32.2. The van der Waals surface area contributed by atoms with Gasteiger partial charge < -0.3 is 14.7 Å². The Morgan fingerprint density at radius 1 is 0.196 bits per heavy atom. The summed E-state index contributed by atoms with van der Waals surface area (Å²) in [6.45, 7) is 0. The Hall–Kier alpha value is -13.6. The van der Waals surface area contributed by atoms with Crippen LogP contribution >= 0.6 is 0 Å². The van der Waals surface area contributed by atoms with E-state index in [0.29, 0.717) is 0 Å². The maximum atomic E-state index is 4.81. The molecule has 12 heterocycles. The molecule has 0 amide bonds. The van der Waals surface area contributed by atoms with Gasteiger partial charge in [-0.1, -0.05) is 200 Å². The van der Waals surface area contributed by atoms with Crippen molar-refractivity contribution in [2.24, 2.45) is 0 Å². The van der Waals surface area contributed by atoms with Gasteiger partial charge in [0.1, 0.15) is 5.82 Å². The molecule has 0 spiro atoms.